The third-order valence-corrected chi connectivity index (χ3v) is 4.26. The number of benzene rings is 2. The van der Waals surface area contributed by atoms with Crippen LogP contribution in [0.1, 0.15) is 35.4 Å². The summed E-state index contributed by atoms with van der Waals surface area (Å²) in [6, 6.07) is 19.6. The molecule has 4 rings (SSSR count). The first-order valence-corrected chi connectivity index (χ1v) is 7.00. The molecule has 2 aliphatic carbocycles. The fourth-order valence-electron chi connectivity index (χ4n) is 3.39. The zero-order valence-corrected chi connectivity index (χ0v) is 10.8. The quantitative estimate of drug-likeness (QED) is 0.659. The highest BCUT2D eigenvalue weighted by atomic mass is 14.3. The number of fused-ring (bicyclic) bond motifs is 3. The fourth-order valence-corrected chi connectivity index (χ4v) is 3.39. The van der Waals surface area contributed by atoms with Crippen molar-refractivity contribution in [2.45, 2.75) is 18.8 Å². The number of hydrogen-bond donors (Lipinski definition) is 0. The van der Waals surface area contributed by atoms with Gasteiger partial charge in [-0.25, -0.2) is 0 Å². The van der Waals surface area contributed by atoms with Crippen LogP contribution in [-0.4, -0.2) is 0 Å². The number of rotatable bonds is 1. The van der Waals surface area contributed by atoms with E-state index in [-0.39, 0.29) is 0 Å². The molecule has 0 heteroatoms. The zero-order valence-electron chi connectivity index (χ0n) is 10.8. The molecule has 1 atom stereocenters. The molecule has 0 heterocycles. The molecule has 19 heavy (non-hydrogen) atoms. The summed E-state index contributed by atoms with van der Waals surface area (Å²) in [5, 5.41) is 0. The molecule has 0 aliphatic heterocycles. The van der Waals surface area contributed by atoms with Gasteiger partial charge in [-0.05, 0) is 40.7 Å². The maximum Gasteiger partial charge on any atom is 0.0104 e. The second kappa shape index (κ2) is 4.24. The molecule has 0 radical (unpaired) electrons. The molecule has 0 nitrogen and oxygen atoms in total. The van der Waals surface area contributed by atoms with E-state index in [1.165, 1.54) is 40.7 Å². The van der Waals surface area contributed by atoms with Gasteiger partial charge in [-0.3, -0.25) is 0 Å². The Morgan fingerprint density at radius 2 is 1.63 bits per heavy atom. The van der Waals surface area contributed by atoms with Crippen LogP contribution in [0, 0.1) is 0 Å². The number of hydrogen-bond acceptors (Lipinski definition) is 0. The van der Waals surface area contributed by atoms with Gasteiger partial charge in [0.15, 0.2) is 0 Å². The van der Waals surface area contributed by atoms with Crippen LogP contribution >= 0.6 is 0 Å². The van der Waals surface area contributed by atoms with Gasteiger partial charge in [-0.1, -0.05) is 66.7 Å². The topological polar surface area (TPSA) is 0 Å². The normalized spacial score (nSPS) is 20.3. The van der Waals surface area contributed by atoms with Crippen molar-refractivity contribution in [2.24, 2.45) is 0 Å². The lowest BCUT2D eigenvalue weighted by Gasteiger charge is -2.23. The van der Waals surface area contributed by atoms with Crippen LogP contribution < -0.4 is 0 Å². The lowest BCUT2D eigenvalue weighted by atomic mass is 9.80. The molecule has 0 spiro atoms. The van der Waals surface area contributed by atoms with Crippen LogP contribution in [0.5, 0.6) is 0 Å². The average molecular weight is 244 g/mol. The van der Waals surface area contributed by atoms with E-state index in [0.717, 1.165) is 0 Å². The Labute approximate surface area is 114 Å². The highest BCUT2D eigenvalue weighted by Gasteiger charge is 2.29. The van der Waals surface area contributed by atoms with Gasteiger partial charge in [0, 0.05) is 5.92 Å². The van der Waals surface area contributed by atoms with Crippen LogP contribution in [0.3, 0.4) is 0 Å². The highest BCUT2D eigenvalue weighted by Crippen LogP contribution is 2.48. The van der Waals surface area contributed by atoms with E-state index in [2.05, 4.69) is 66.7 Å². The predicted molar refractivity (Wildman–Crippen MR) is 80.8 cm³/mol. The second-order valence-corrected chi connectivity index (χ2v) is 5.34. The molecule has 0 bridgehead atoms. The van der Waals surface area contributed by atoms with Gasteiger partial charge >= 0.3 is 0 Å². The van der Waals surface area contributed by atoms with E-state index in [0.29, 0.717) is 5.92 Å². The van der Waals surface area contributed by atoms with Gasteiger partial charge in [0.2, 0.25) is 0 Å². The second-order valence-electron chi connectivity index (χ2n) is 5.34. The van der Waals surface area contributed by atoms with Gasteiger partial charge in [0.1, 0.15) is 0 Å². The Morgan fingerprint density at radius 3 is 2.53 bits per heavy atom. The van der Waals surface area contributed by atoms with E-state index in [9.17, 15) is 0 Å². The summed E-state index contributed by atoms with van der Waals surface area (Å²) in [6.45, 7) is 0. The molecule has 0 saturated heterocycles. The van der Waals surface area contributed by atoms with Crippen LogP contribution in [0.2, 0.25) is 0 Å². The lowest BCUT2D eigenvalue weighted by Crippen LogP contribution is -2.05. The number of allylic oxidation sites excluding steroid dienone is 3. The monoisotopic (exact) mass is 244 g/mol. The SMILES string of the molecule is C1=C(c2ccccc2)C2=Cc3ccccc3C2CC1. The zero-order chi connectivity index (χ0) is 12.7. The first-order valence-electron chi connectivity index (χ1n) is 7.00. The molecule has 2 aromatic rings. The van der Waals surface area contributed by atoms with Crippen molar-refractivity contribution in [3.63, 3.8) is 0 Å². The van der Waals surface area contributed by atoms with Crippen LogP contribution in [0.15, 0.2) is 66.2 Å². The van der Waals surface area contributed by atoms with E-state index in [1.54, 1.807) is 0 Å². The smallest absolute Gasteiger partial charge is 0.0104 e. The van der Waals surface area contributed by atoms with Gasteiger partial charge in [0.25, 0.3) is 0 Å². The molecular weight excluding hydrogens is 228 g/mol. The minimum atomic E-state index is 0.608. The first kappa shape index (κ1) is 10.8. The van der Waals surface area contributed by atoms with Crippen molar-refractivity contribution in [1.82, 2.24) is 0 Å². The van der Waals surface area contributed by atoms with Crippen LogP contribution in [0.25, 0.3) is 11.6 Å². The van der Waals surface area contributed by atoms with Crippen molar-refractivity contribution in [3.8, 4) is 0 Å². The van der Waals surface area contributed by atoms with Crippen molar-refractivity contribution in [1.29, 1.82) is 0 Å². The molecule has 1 unspecified atom stereocenters. The molecule has 2 aliphatic rings. The van der Waals surface area contributed by atoms with Crippen LogP contribution in [0.4, 0.5) is 0 Å². The molecule has 0 saturated carbocycles. The van der Waals surface area contributed by atoms with Crippen molar-refractivity contribution in [3.05, 3.63) is 82.9 Å². The van der Waals surface area contributed by atoms with E-state index in [1.807, 2.05) is 0 Å². The highest BCUT2D eigenvalue weighted by molar-refractivity contribution is 5.90. The first-order chi connectivity index (χ1) is 9.43. The fraction of sp³-hybridized carbons (Fsp3) is 0.158. The summed E-state index contributed by atoms with van der Waals surface area (Å²) < 4.78 is 0. The maximum absolute atomic E-state index is 2.41. The van der Waals surface area contributed by atoms with Gasteiger partial charge in [-0.2, -0.15) is 0 Å². The minimum Gasteiger partial charge on any atom is -0.0763 e. The summed E-state index contributed by atoms with van der Waals surface area (Å²) >= 11 is 0. The standard InChI is InChI=1S/C19H16/c1-2-7-14(8-3-1)16-11-6-12-18-17-10-5-4-9-15(17)13-19(16)18/h1-5,7-11,13,18H,6,12H2. The summed E-state index contributed by atoms with van der Waals surface area (Å²) in [4.78, 5) is 0. The van der Waals surface area contributed by atoms with Gasteiger partial charge in [-0.15, -0.1) is 0 Å². The predicted octanol–water partition coefficient (Wildman–Crippen LogP) is 5.04. The Balaban J connectivity index is 1.83. The Morgan fingerprint density at radius 1 is 0.842 bits per heavy atom. The maximum atomic E-state index is 2.41. The minimum absolute atomic E-state index is 0.608. The van der Waals surface area contributed by atoms with Gasteiger partial charge < -0.3 is 0 Å². The van der Waals surface area contributed by atoms with Crippen LogP contribution in [-0.2, 0) is 0 Å². The Kier molecular flexibility index (Phi) is 2.41. The summed E-state index contributed by atoms with van der Waals surface area (Å²) in [6.07, 6.45) is 7.22. The molecule has 0 amide bonds. The van der Waals surface area contributed by atoms with E-state index < -0.39 is 0 Å². The van der Waals surface area contributed by atoms with E-state index >= 15 is 0 Å². The van der Waals surface area contributed by atoms with Crippen molar-refractivity contribution in [2.75, 3.05) is 0 Å². The van der Waals surface area contributed by atoms with E-state index in [4.69, 9.17) is 0 Å². The molecule has 2 aromatic carbocycles. The Bertz CT molecular complexity index is 674. The molecule has 0 N–H and O–H groups in total. The lowest BCUT2D eigenvalue weighted by molar-refractivity contribution is 0.726. The third kappa shape index (κ3) is 1.67. The Hall–Kier alpha value is -2.08. The summed E-state index contributed by atoms with van der Waals surface area (Å²) in [7, 11) is 0. The van der Waals surface area contributed by atoms with Crippen molar-refractivity contribution >= 4 is 11.6 Å². The summed E-state index contributed by atoms with van der Waals surface area (Å²) in [5.74, 6) is 0.608. The van der Waals surface area contributed by atoms with Crippen molar-refractivity contribution < 1.29 is 0 Å². The third-order valence-electron chi connectivity index (χ3n) is 4.26. The molecular formula is C19H16. The largest absolute Gasteiger partial charge is 0.0763 e. The molecule has 0 fully saturated rings. The molecule has 0 aromatic heterocycles. The average Bonchev–Trinajstić information content (AvgIpc) is 2.87. The molecule has 92 valence electrons. The van der Waals surface area contributed by atoms with Gasteiger partial charge in [0.05, 0.1) is 0 Å². The summed E-state index contributed by atoms with van der Waals surface area (Å²) in [5.41, 5.74) is 7.23.